The Morgan fingerprint density at radius 1 is 1.37 bits per heavy atom. The molecule has 1 aliphatic heterocycles. The molecule has 3 rings (SSSR count). The molecule has 1 aliphatic carbocycles. The van der Waals surface area contributed by atoms with Crippen LogP contribution in [0.1, 0.15) is 20.3 Å². The summed E-state index contributed by atoms with van der Waals surface area (Å²) in [6.45, 7) is 4.12. The largest absolute Gasteiger partial charge is 0.303 e. The fourth-order valence-electron chi connectivity index (χ4n) is 2.99. The molecule has 1 amide bonds. The molecule has 0 bridgehead atoms. The van der Waals surface area contributed by atoms with E-state index in [-0.39, 0.29) is 28.7 Å². The van der Waals surface area contributed by atoms with Crippen molar-refractivity contribution in [3.8, 4) is 0 Å². The number of anilines is 1. The van der Waals surface area contributed by atoms with Gasteiger partial charge >= 0.3 is 0 Å². The third-order valence-electron chi connectivity index (χ3n) is 4.57. The lowest BCUT2D eigenvalue weighted by Gasteiger charge is -2.27. The van der Waals surface area contributed by atoms with E-state index in [1.165, 1.54) is 23.1 Å². The topological polar surface area (TPSA) is 95.8 Å². The molecule has 1 heterocycles. The summed E-state index contributed by atoms with van der Waals surface area (Å²) in [5.74, 6) is 0.0114. The quantitative estimate of drug-likeness (QED) is 0.473. The Kier molecular flexibility index (Phi) is 5.00. The van der Waals surface area contributed by atoms with Crippen molar-refractivity contribution in [2.24, 2.45) is 0 Å². The number of nitrogens with one attached hydrogen (secondary N) is 1. The molecule has 27 heavy (non-hydrogen) atoms. The van der Waals surface area contributed by atoms with Crippen molar-refractivity contribution in [1.29, 1.82) is 0 Å². The summed E-state index contributed by atoms with van der Waals surface area (Å²) < 4.78 is 0. The highest BCUT2D eigenvalue weighted by Gasteiger charge is 2.27. The molecule has 0 spiro atoms. The SMILES string of the molecule is CC1=C(C)C(N2CC(N(C=O)c3cc([N+](=O)[O-])ccc3Cl)=CN2)=CC(=O)C1. The lowest BCUT2D eigenvalue weighted by Crippen LogP contribution is -2.33. The number of nitrogens with zero attached hydrogens (tertiary/aromatic N) is 3. The smallest absolute Gasteiger partial charge is 0.271 e. The van der Waals surface area contributed by atoms with Crippen LogP contribution in [0.2, 0.25) is 5.02 Å². The molecular weight excluding hydrogens is 372 g/mol. The zero-order valence-corrected chi connectivity index (χ0v) is 15.5. The summed E-state index contributed by atoms with van der Waals surface area (Å²) in [7, 11) is 0. The van der Waals surface area contributed by atoms with Gasteiger partial charge in [0, 0.05) is 30.8 Å². The fraction of sp³-hybridized carbons (Fsp3) is 0.222. The van der Waals surface area contributed by atoms with E-state index in [1.807, 2.05) is 13.8 Å². The van der Waals surface area contributed by atoms with Gasteiger partial charge in [0.15, 0.2) is 5.78 Å². The number of hydrogen-bond donors (Lipinski definition) is 1. The van der Waals surface area contributed by atoms with Gasteiger partial charge < -0.3 is 5.43 Å². The number of nitro groups is 1. The summed E-state index contributed by atoms with van der Waals surface area (Å²) >= 11 is 6.15. The summed E-state index contributed by atoms with van der Waals surface area (Å²) in [4.78, 5) is 35.3. The molecule has 1 aromatic rings. The van der Waals surface area contributed by atoms with E-state index in [0.29, 0.717) is 18.5 Å². The number of benzene rings is 1. The van der Waals surface area contributed by atoms with Gasteiger partial charge in [0.05, 0.1) is 33.6 Å². The standard InChI is InChI=1S/C18H17ClN4O4/c1-11-5-15(25)7-17(12(11)2)22-9-14(8-20-22)21(10-24)18-6-13(23(26)27)3-4-16(18)19/h3-4,6-8,10,20H,5,9H2,1-2H3. The Morgan fingerprint density at radius 3 is 2.78 bits per heavy atom. The molecule has 2 aliphatic rings. The Bertz CT molecular complexity index is 935. The Labute approximate surface area is 160 Å². The molecule has 0 saturated carbocycles. The van der Waals surface area contributed by atoms with Gasteiger partial charge in [0.2, 0.25) is 6.41 Å². The van der Waals surface area contributed by atoms with Crippen molar-refractivity contribution in [3.63, 3.8) is 0 Å². The van der Waals surface area contributed by atoms with Crippen LogP contribution < -0.4 is 10.3 Å². The van der Waals surface area contributed by atoms with E-state index in [4.69, 9.17) is 11.6 Å². The van der Waals surface area contributed by atoms with Gasteiger partial charge in [-0.05, 0) is 25.5 Å². The number of carbonyl (C=O) groups is 2. The van der Waals surface area contributed by atoms with E-state index in [1.54, 1.807) is 17.3 Å². The first kappa shape index (κ1) is 18.7. The van der Waals surface area contributed by atoms with Crippen LogP contribution in [0.3, 0.4) is 0 Å². The number of non-ortho nitro benzene ring substituents is 1. The average Bonchev–Trinajstić information content (AvgIpc) is 3.09. The first-order valence-electron chi connectivity index (χ1n) is 8.14. The minimum absolute atomic E-state index is 0.0114. The lowest BCUT2D eigenvalue weighted by atomic mass is 9.96. The number of hydrogen-bond acceptors (Lipinski definition) is 6. The van der Waals surface area contributed by atoms with Gasteiger partial charge in [-0.3, -0.25) is 29.6 Å². The minimum Gasteiger partial charge on any atom is -0.303 e. The van der Waals surface area contributed by atoms with Gasteiger partial charge in [-0.1, -0.05) is 17.2 Å². The molecular formula is C18H17ClN4O4. The van der Waals surface area contributed by atoms with E-state index in [0.717, 1.165) is 16.8 Å². The van der Waals surface area contributed by atoms with Crippen LogP contribution in [0.5, 0.6) is 0 Å². The molecule has 0 fully saturated rings. The van der Waals surface area contributed by atoms with Gasteiger partial charge in [0.25, 0.3) is 5.69 Å². The maximum Gasteiger partial charge on any atom is 0.271 e. The second-order valence-corrected chi connectivity index (χ2v) is 6.70. The summed E-state index contributed by atoms with van der Waals surface area (Å²) in [6.07, 6.45) is 4.12. The molecule has 0 unspecified atom stereocenters. The van der Waals surface area contributed by atoms with E-state index < -0.39 is 4.92 Å². The molecule has 140 valence electrons. The summed E-state index contributed by atoms with van der Waals surface area (Å²) in [6, 6.07) is 3.90. The van der Waals surface area contributed by atoms with Crippen LogP contribution in [0.15, 0.2) is 53.0 Å². The van der Waals surface area contributed by atoms with E-state index >= 15 is 0 Å². The number of allylic oxidation sites excluding steroid dienone is 3. The third-order valence-corrected chi connectivity index (χ3v) is 4.89. The van der Waals surface area contributed by atoms with Crippen LogP contribution in [-0.2, 0) is 9.59 Å². The number of nitro benzene ring substituents is 1. The number of amides is 1. The number of ketones is 1. The van der Waals surface area contributed by atoms with Crippen molar-refractivity contribution in [3.05, 3.63) is 68.2 Å². The second-order valence-electron chi connectivity index (χ2n) is 6.30. The Hall–Kier alpha value is -3.13. The highest BCUT2D eigenvalue weighted by Crippen LogP contribution is 2.33. The van der Waals surface area contributed by atoms with Crippen molar-refractivity contribution >= 4 is 35.2 Å². The van der Waals surface area contributed by atoms with Gasteiger partial charge in [0.1, 0.15) is 0 Å². The summed E-state index contributed by atoms with van der Waals surface area (Å²) in [5.41, 5.74) is 6.32. The van der Waals surface area contributed by atoms with Crippen LogP contribution in [-0.4, -0.2) is 28.7 Å². The minimum atomic E-state index is -0.550. The summed E-state index contributed by atoms with van der Waals surface area (Å²) in [5, 5.41) is 13.0. The highest BCUT2D eigenvalue weighted by atomic mass is 35.5. The first-order valence-corrected chi connectivity index (χ1v) is 8.52. The van der Waals surface area contributed by atoms with Crippen molar-refractivity contribution in [2.45, 2.75) is 20.3 Å². The molecule has 9 heteroatoms. The predicted octanol–water partition coefficient (Wildman–Crippen LogP) is 3.07. The predicted molar refractivity (Wildman–Crippen MR) is 101 cm³/mol. The van der Waals surface area contributed by atoms with Crippen LogP contribution in [0, 0.1) is 10.1 Å². The number of rotatable bonds is 5. The van der Waals surface area contributed by atoms with Gasteiger partial charge in [-0.15, -0.1) is 0 Å². The van der Waals surface area contributed by atoms with Gasteiger partial charge in [-0.25, -0.2) is 0 Å². The molecule has 0 atom stereocenters. The average molecular weight is 389 g/mol. The second kappa shape index (κ2) is 7.24. The maximum atomic E-state index is 11.9. The highest BCUT2D eigenvalue weighted by molar-refractivity contribution is 6.33. The first-order chi connectivity index (χ1) is 12.8. The molecule has 8 nitrogen and oxygen atoms in total. The Morgan fingerprint density at radius 2 is 2.11 bits per heavy atom. The van der Waals surface area contributed by atoms with Gasteiger partial charge in [-0.2, -0.15) is 0 Å². The maximum absolute atomic E-state index is 11.9. The number of hydrazine groups is 1. The Balaban J connectivity index is 1.87. The van der Waals surface area contributed by atoms with Crippen LogP contribution >= 0.6 is 11.6 Å². The van der Waals surface area contributed by atoms with E-state index in [2.05, 4.69) is 5.43 Å². The number of halogens is 1. The fourth-order valence-corrected chi connectivity index (χ4v) is 3.20. The third kappa shape index (κ3) is 3.56. The monoisotopic (exact) mass is 388 g/mol. The lowest BCUT2D eigenvalue weighted by molar-refractivity contribution is -0.384. The molecule has 0 aromatic heterocycles. The number of carbonyl (C=O) groups excluding carboxylic acids is 2. The van der Waals surface area contributed by atoms with Crippen molar-refractivity contribution < 1.29 is 14.5 Å². The molecule has 1 N–H and O–H groups in total. The van der Waals surface area contributed by atoms with Crippen LogP contribution in [0.4, 0.5) is 11.4 Å². The van der Waals surface area contributed by atoms with Crippen LogP contribution in [0.25, 0.3) is 0 Å². The van der Waals surface area contributed by atoms with E-state index in [9.17, 15) is 19.7 Å². The zero-order valence-electron chi connectivity index (χ0n) is 14.7. The molecule has 1 aromatic carbocycles. The van der Waals surface area contributed by atoms with Crippen molar-refractivity contribution in [2.75, 3.05) is 11.4 Å². The molecule has 0 radical (unpaired) electrons. The zero-order chi connectivity index (χ0) is 19.7. The molecule has 0 saturated heterocycles. The van der Waals surface area contributed by atoms with Crippen molar-refractivity contribution in [1.82, 2.24) is 10.4 Å². The normalized spacial score (nSPS) is 16.7.